The lowest BCUT2D eigenvalue weighted by Gasteiger charge is -2.12. The van der Waals surface area contributed by atoms with Crippen molar-refractivity contribution in [3.05, 3.63) is 89.6 Å². The van der Waals surface area contributed by atoms with Crippen LogP contribution in [0.1, 0.15) is 16.8 Å². The molecule has 0 aliphatic rings. The van der Waals surface area contributed by atoms with E-state index in [-0.39, 0.29) is 11.7 Å². The molecule has 31 heavy (non-hydrogen) atoms. The Morgan fingerprint density at radius 2 is 1.61 bits per heavy atom. The standard InChI is InChI=1S/C25H23N3O2S/c1-17-11-13-19(14-12-17)26-24(29)16-31-25-22(15-18-7-3-6-10-23(18)30-2)27-20-8-4-5-9-21(20)28-25/h3-14H,15-16H2,1-2H3,(H,26,29). The van der Waals surface area contributed by atoms with E-state index in [0.29, 0.717) is 6.42 Å². The van der Waals surface area contributed by atoms with E-state index < -0.39 is 0 Å². The number of ether oxygens (including phenoxy) is 1. The van der Waals surface area contributed by atoms with Gasteiger partial charge in [0.2, 0.25) is 5.91 Å². The highest BCUT2D eigenvalue weighted by Gasteiger charge is 2.14. The van der Waals surface area contributed by atoms with Crippen LogP contribution in [0.15, 0.2) is 77.8 Å². The normalized spacial score (nSPS) is 10.8. The number of benzene rings is 3. The number of rotatable bonds is 7. The Kier molecular flexibility index (Phi) is 6.48. The molecule has 1 heterocycles. The van der Waals surface area contributed by atoms with Gasteiger partial charge in [0.25, 0.3) is 0 Å². The number of amides is 1. The number of nitrogens with one attached hydrogen (secondary N) is 1. The molecule has 0 atom stereocenters. The zero-order valence-electron chi connectivity index (χ0n) is 17.5. The molecule has 0 bridgehead atoms. The van der Waals surface area contributed by atoms with Crippen molar-refractivity contribution in [3.63, 3.8) is 0 Å². The fourth-order valence-corrected chi connectivity index (χ4v) is 4.04. The summed E-state index contributed by atoms with van der Waals surface area (Å²) in [6.45, 7) is 2.02. The van der Waals surface area contributed by atoms with E-state index in [2.05, 4.69) is 5.32 Å². The highest BCUT2D eigenvalue weighted by atomic mass is 32.2. The van der Waals surface area contributed by atoms with Crippen LogP contribution in [0.3, 0.4) is 0 Å². The lowest BCUT2D eigenvalue weighted by molar-refractivity contribution is -0.113. The minimum absolute atomic E-state index is 0.0768. The van der Waals surface area contributed by atoms with E-state index >= 15 is 0 Å². The number of para-hydroxylation sites is 3. The van der Waals surface area contributed by atoms with Crippen molar-refractivity contribution in [1.29, 1.82) is 0 Å². The molecule has 1 amide bonds. The van der Waals surface area contributed by atoms with Gasteiger partial charge in [-0.2, -0.15) is 0 Å². The second kappa shape index (κ2) is 9.62. The fourth-order valence-electron chi connectivity index (χ4n) is 3.25. The zero-order valence-corrected chi connectivity index (χ0v) is 18.3. The van der Waals surface area contributed by atoms with Crippen molar-refractivity contribution in [2.75, 3.05) is 18.2 Å². The Labute approximate surface area is 185 Å². The summed E-state index contributed by atoms with van der Waals surface area (Å²) in [6, 6.07) is 23.4. The average Bonchev–Trinajstić information content (AvgIpc) is 2.79. The summed E-state index contributed by atoms with van der Waals surface area (Å²) in [4.78, 5) is 22.1. The first-order chi connectivity index (χ1) is 15.1. The first kappa shape index (κ1) is 20.9. The van der Waals surface area contributed by atoms with Gasteiger partial charge in [0.1, 0.15) is 10.8 Å². The molecule has 5 nitrogen and oxygen atoms in total. The Bertz CT molecular complexity index is 1210. The minimum atomic E-state index is -0.0768. The third-order valence-electron chi connectivity index (χ3n) is 4.83. The van der Waals surface area contributed by atoms with Crippen LogP contribution in [0.4, 0.5) is 5.69 Å². The third-order valence-corrected chi connectivity index (χ3v) is 5.84. The molecule has 0 radical (unpaired) electrons. The molecule has 156 valence electrons. The Morgan fingerprint density at radius 1 is 0.935 bits per heavy atom. The Balaban J connectivity index is 1.57. The van der Waals surface area contributed by atoms with Crippen LogP contribution in [-0.4, -0.2) is 28.7 Å². The number of hydrogen-bond donors (Lipinski definition) is 1. The number of nitrogens with zero attached hydrogens (tertiary/aromatic N) is 2. The first-order valence-electron chi connectivity index (χ1n) is 9.99. The van der Waals surface area contributed by atoms with Gasteiger partial charge in [0.15, 0.2) is 0 Å². The molecule has 0 aliphatic carbocycles. The van der Waals surface area contributed by atoms with Gasteiger partial charge in [-0.3, -0.25) is 4.79 Å². The van der Waals surface area contributed by atoms with E-state index in [1.165, 1.54) is 11.8 Å². The SMILES string of the molecule is COc1ccccc1Cc1nc2ccccc2nc1SCC(=O)Nc1ccc(C)cc1. The smallest absolute Gasteiger partial charge is 0.234 e. The predicted octanol–water partition coefficient (Wildman–Crippen LogP) is 5.27. The van der Waals surface area contributed by atoms with Gasteiger partial charge in [-0.1, -0.05) is 59.8 Å². The molecule has 6 heteroatoms. The van der Waals surface area contributed by atoms with Crippen LogP contribution in [0, 0.1) is 6.92 Å². The summed E-state index contributed by atoms with van der Waals surface area (Å²) in [5, 5.41) is 3.69. The van der Waals surface area contributed by atoms with E-state index in [4.69, 9.17) is 14.7 Å². The fraction of sp³-hybridized carbons (Fsp3) is 0.160. The summed E-state index contributed by atoms with van der Waals surface area (Å²) < 4.78 is 5.50. The van der Waals surface area contributed by atoms with Gasteiger partial charge in [-0.05, 0) is 37.3 Å². The van der Waals surface area contributed by atoms with Crippen LogP contribution in [0.5, 0.6) is 5.75 Å². The topological polar surface area (TPSA) is 64.1 Å². The monoisotopic (exact) mass is 429 g/mol. The number of hydrogen-bond acceptors (Lipinski definition) is 5. The minimum Gasteiger partial charge on any atom is -0.496 e. The summed E-state index contributed by atoms with van der Waals surface area (Å²) in [5.74, 6) is 0.984. The summed E-state index contributed by atoms with van der Waals surface area (Å²) in [5.41, 5.74) is 5.44. The van der Waals surface area contributed by atoms with Crippen LogP contribution in [0.25, 0.3) is 11.0 Å². The van der Waals surface area contributed by atoms with Gasteiger partial charge < -0.3 is 10.1 Å². The molecule has 0 spiro atoms. The van der Waals surface area contributed by atoms with Crippen LogP contribution < -0.4 is 10.1 Å². The number of carbonyl (C=O) groups is 1. The summed E-state index contributed by atoms with van der Waals surface area (Å²) >= 11 is 1.40. The number of carbonyl (C=O) groups excluding carboxylic acids is 1. The summed E-state index contributed by atoms with van der Waals surface area (Å²) in [7, 11) is 1.66. The summed E-state index contributed by atoms with van der Waals surface area (Å²) in [6.07, 6.45) is 0.573. The van der Waals surface area contributed by atoms with Crippen molar-refractivity contribution in [2.24, 2.45) is 0 Å². The molecule has 1 N–H and O–H groups in total. The quantitative estimate of drug-likeness (QED) is 0.406. The van der Waals surface area contributed by atoms with Gasteiger partial charge >= 0.3 is 0 Å². The number of aryl methyl sites for hydroxylation is 1. The Morgan fingerprint density at radius 3 is 2.35 bits per heavy atom. The molecular weight excluding hydrogens is 406 g/mol. The van der Waals surface area contributed by atoms with Gasteiger partial charge in [-0.25, -0.2) is 9.97 Å². The van der Waals surface area contributed by atoms with E-state index in [1.807, 2.05) is 79.7 Å². The number of anilines is 1. The molecular formula is C25H23N3O2S. The second-order valence-corrected chi connectivity index (χ2v) is 8.12. The maximum absolute atomic E-state index is 12.5. The molecule has 4 aromatic rings. The lowest BCUT2D eigenvalue weighted by Crippen LogP contribution is -2.14. The first-order valence-corrected chi connectivity index (χ1v) is 11.0. The average molecular weight is 430 g/mol. The molecule has 0 saturated carbocycles. The predicted molar refractivity (Wildman–Crippen MR) is 126 cm³/mol. The largest absolute Gasteiger partial charge is 0.496 e. The van der Waals surface area contributed by atoms with Crippen molar-refractivity contribution in [2.45, 2.75) is 18.4 Å². The maximum atomic E-state index is 12.5. The van der Waals surface area contributed by atoms with Crippen LogP contribution in [-0.2, 0) is 11.2 Å². The number of fused-ring (bicyclic) bond motifs is 1. The molecule has 0 saturated heterocycles. The second-order valence-electron chi connectivity index (χ2n) is 7.16. The highest BCUT2D eigenvalue weighted by molar-refractivity contribution is 8.00. The van der Waals surface area contributed by atoms with Crippen molar-refractivity contribution in [3.8, 4) is 5.75 Å². The van der Waals surface area contributed by atoms with Crippen molar-refractivity contribution >= 4 is 34.4 Å². The molecule has 0 aliphatic heterocycles. The van der Waals surface area contributed by atoms with E-state index in [1.54, 1.807) is 7.11 Å². The van der Waals surface area contributed by atoms with Gasteiger partial charge in [0, 0.05) is 17.7 Å². The molecule has 0 fully saturated rings. The van der Waals surface area contributed by atoms with Crippen LogP contribution >= 0.6 is 11.8 Å². The number of aromatic nitrogens is 2. The van der Waals surface area contributed by atoms with Crippen LogP contribution in [0.2, 0.25) is 0 Å². The molecule has 4 rings (SSSR count). The molecule has 0 unspecified atom stereocenters. The van der Waals surface area contributed by atoms with Gasteiger partial charge in [0.05, 0.1) is 29.6 Å². The van der Waals surface area contributed by atoms with Crippen molar-refractivity contribution < 1.29 is 9.53 Å². The molecule has 1 aromatic heterocycles. The Hall–Kier alpha value is -3.38. The lowest BCUT2D eigenvalue weighted by atomic mass is 10.1. The highest BCUT2D eigenvalue weighted by Crippen LogP contribution is 2.27. The number of thioether (sulfide) groups is 1. The maximum Gasteiger partial charge on any atom is 0.234 e. The van der Waals surface area contributed by atoms with E-state index in [9.17, 15) is 4.79 Å². The molecule has 3 aromatic carbocycles. The van der Waals surface area contributed by atoms with Gasteiger partial charge in [-0.15, -0.1) is 0 Å². The zero-order chi connectivity index (χ0) is 21.6. The van der Waals surface area contributed by atoms with Crippen molar-refractivity contribution in [1.82, 2.24) is 9.97 Å². The number of methoxy groups -OCH3 is 1. The third kappa shape index (κ3) is 5.22. The van der Waals surface area contributed by atoms with E-state index in [0.717, 1.165) is 44.3 Å².